The lowest BCUT2D eigenvalue weighted by molar-refractivity contribution is 0.0955. The molecule has 0 atom stereocenters. The van der Waals surface area contributed by atoms with Gasteiger partial charge in [-0.3, -0.25) is 4.79 Å². The van der Waals surface area contributed by atoms with Gasteiger partial charge in [0.15, 0.2) is 0 Å². The van der Waals surface area contributed by atoms with Crippen molar-refractivity contribution in [3.05, 3.63) is 64.8 Å². The highest BCUT2D eigenvalue weighted by molar-refractivity contribution is 5.99. The van der Waals surface area contributed by atoms with E-state index in [-0.39, 0.29) is 5.91 Å². The van der Waals surface area contributed by atoms with E-state index < -0.39 is 0 Å². The topological polar surface area (TPSA) is 60.5 Å². The molecule has 0 bridgehead atoms. The van der Waals surface area contributed by atoms with Crippen LogP contribution in [0.15, 0.2) is 47.6 Å². The van der Waals surface area contributed by atoms with Gasteiger partial charge >= 0.3 is 0 Å². The van der Waals surface area contributed by atoms with Crippen molar-refractivity contribution in [1.29, 1.82) is 0 Å². The SMILES string of the molecule is CN(C)c1ccc(/C=N\NC(=O)c2ccc3[nH]c4c(c3c2)CCCC4)cc1. The summed E-state index contributed by atoms with van der Waals surface area (Å²) < 4.78 is 0. The Morgan fingerprint density at radius 2 is 1.89 bits per heavy atom. The van der Waals surface area contributed by atoms with E-state index in [1.54, 1.807) is 6.21 Å². The molecule has 2 N–H and O–H groups in total. The van der Waals surface area contributed by atoms with Crippen LogP contribution in [-0.4, -0.2) is 31.2 Å². The van der Waals surface area contributed by atoms with Gasteiger partial charge in [-0.15, -0.1) is 0 Å². The van der Waals surface area contributed by atoms with Gasteiger partial charge in [-0.25, -0.2) is 5.43 Å². The van der Waals surface area contributed by atoms with Crippen LogP contribution in [0.3, 0.4) is 0 Å². The summed E-state index contributed by atoms with van der Waals surface area (Å²) in [6.07, 6.45) is 6.29. The van der Waals surface area contributed by atoms with Crippen LogP contribution in [0.5, 0.6) is 0 Å². The Balaban J connectivity index is 1.47. The molecule has 27 heavy (non-hydrogen) atoms. The number of aromatic nitrogens is 1. The van der Waals surface area contributed by atoms with Crippen LogP contribution in [0.25, 0.3) is 10.9 Å². The Hall–Kier alpha value is -3.08. The summed E-state index contributed by atoms with van der Waals surface area (Å²) in [6, 6.07) is 13.8. The zero-order valence-corrected chi connectivity index (χ0v) is 15.7. The van der Waals surface area contributed by atoms with E-state index in [0.717, 1.165) is 29.6 Å². The van der Waals surface area contributed by atoms with E-state index >= 15 is 0 Å². The average Bonchev–Trinajstić information content (AvgIpc) is 3.06. The van der Waals surface area contributed by atoms with Crippen LogP contribution in [0.1, 0.15) is 40.0 Å². The van der Waals surface area contributed by atoms with Gasteiger partial charge in [0.25, 0.3) is 5.91 Å². The number of rotatable bonds is 4. The average molecular weight is 360 g/mol. The van der Waals surface area contributed by atoms with Crippen LogP contribution >= 0.6 is 0 Å². The molecule has 1 aromatic heterocycles. The quantitative estimate of drug-likeness (QED) is 0.548. The van der Waals surface area contributed by atoms with E-state index in [9.17, 15) is 4.79 Å². The smallest absolute Gasteiger partial charge is 0.271 e. The molecule has 0 spiro atoms. The third-order valence-electron chi connectivity index (χ3n) is 5.15. The minimum Gasteiger partial charge on any atom is -0.378 e. The molecule has 0 saturated carbocycles. The number of aryl methyl sites for hydroxylation is 2. The van der Waals surface area contributed by atoms with Crippen molar-refractivity contribution in [2.24, 2.45) is 5.10 Å². The third-order valence-corrected chi connectivity index (χ3v) is 5.15. The summed E-state index contributed by atoms with van der Waals surface area (Å²) in [5, 5.41) is 5.27. The normalized spacial score (nSPS) is 13.7. The summed E-state index contributed by atoms with van der Waals surface area (Å²) >= 11 is 0. The molecule has 3 aromatic rings. The molecule has 5 nitrogen and oxygen atoms in total. The molecule has 0 aliphatic heterocycles. The minimum absolute atomic E-state index is 0.191. The van der Waals surface area contributed by atoms with Crippen LogP contribution in [0, 0.1) is 0 Å². The molecule has 0 saturated heterocycles. The molecule has 2 aromatic carbocycles. The largest absolute Gasteiger partial charge is 0.378 e. The number of hydrogen-bond acceptors (Lipinski definition) is 3. The Morgan fingerprint density at radius 1 is 1.11 bits per heavy atom. The van der Waals surface area contributed by atoms with Crippen molar-refractivity contribution in [3.8, 4) is 0 Å². The molecule has 4 rings (SSSR count). The Labute approximate surface area is 159 Å². The molecule has 138 valence electrons. The predicted octanol–water partition coefficient (Wildman–Crippen LogP) is 3.88. The summed E-state index contributed by atoms with van der Waals surface area (Å²) in [7, 11) is 4.00. The molecule has 1 heterocycles. The number of nitrogens with zero attached hydrogens (tertiary/aromatic N) is 2. The second kappa shape index (κ2) is 7.27. The van der Waals surface area contributed by atoms with Crippen LogP contribution in [-0.2, 0) is 12.8 Å². The fourth-order valence-corrected chi connectivity index (χ4v) is 3.64. The van der Waals surface area contributed by atoms with Gasteiger partial charge in [0.1, 0.15) is 0 Å². The molecule has 5 heteroatoms. The highest BCUT2D eigenvalue weighted by Gasteiger charge is 2.16. The number of nitrogens with one attached hydrogen (secondary N) is 2. The summed E-state index contributed by atoms with van der Waals surface area (Å²) in [5.41, 5.74) is 9.14. The van der Waals surface area contributed by atoms with Crippen LogP contribution in [0.4, 0.5) is 5.69 Å². The van der Waals surface area contributed by atoms with Crippen LogP contribution in [0.2, 0.25) is 0 Å². The molecular formula is C22H24N4O. The number of carbonyl (C=O) groups is 1. The number of hydrogen-bond donors (Lipinski definition) is 2. The monoisotopic (exact) mass is 360 g/mol. The van der Waals surface area contributed by atoms with Crippen molar-refractivity contribution >= 4 is 28.7 Å². The number of aromatic amines is 1. The number of H-pyrrole nitrogens is 1. The summed E-state index contributed by atoms with van der Waals surface area (Å²) in [5.74, 6) is -0.191. The summed E-state index contributed by atoms with van der Waals surface area (Å²) in [4.78, 5) is 18.0. The Kier molecular flexibility index (Phi) is 4.67. The maximum Gasteiger partial charge on any atom is 0.271 e. The second-order valence-corrected chi connectivity index (χ2v) is 7.23. The molecule has 0 fully saturated rings. The fraction of sp³-hybridized carbons (Fsp3) is 0.273. The number of carbonyl (C=O) groups excluding carboxylic acids is 1. The minimum atomic E-state index is -0.191. The number of amides is 1. The summed E-state index contributed by atoms with van der Waals surface area (Å²) in [6.45, 7) is 0. The molecule has 1 aliphatic carbocycles. The van der Waals surface area contributed by atoms with E-state index in [2.05, 4.69) is 15.5 Å². The van der Waals surface area contributed by atoms with Gasteiger partial charge in [0.2, 0.25) is 0 Å². The van der Waals surface area contributed by atoms with Gasteiger partial charge in [0, 0.05) is 41.9 Å². The van der Waals surface area contributed by atoms with Crippen molar-refractivity contribution in [2.45, 2.75) is 25.7 Å². The van der Waals surface area contributed by atoms with E-state index in [0.29, 0.717) is 5.56 Å². The lowest BCUT2D eigenvalue weighted by Crippen LogP contribution is -2.17. The first kappa shape index (κ1) is 17.3. The fourth-order valence-electron chi connectivity index (χ4n) is 3.64. The molecule has 0 unspecified atom stereocenters. The number of fused-ring (bicyclic) bond motifs is 3. The van der Waals surface area contributed by atoms with Crippen molar-refractivity contribution in [3.63, 3.8) is 0 Å². The Morgan fingerprint density at radius 3 is 2.67 bits per heavy atom. The Bertz CT molecular complexity index is 999. The zero-order chi connectivity index (χ0) is 18.8. The lowest BCUT2D eigenvalue weighted by atomic mass is 9.95. The molecule has 0 radical (unpaired) electrons. The van der Waals surface area contributed by atoms with Gasteiger partial charge in [-0.1, -0.05) is 12.1 Å². The van der Waals surface area contributed by atoms with Gasteiger partial charge in [-0.2, -0.15) is 5.10 Å². The van der Waals surface area contributed by atoms with Crippen LogP contribution < -0.4 is 10.3 Å². The maximum atomic E-state index is 12.5. The predicted molar refractivity (Wildman–Crippen MR) is 111 cm³/mol. The molecule has 1 aliphatic rings. The highest BCUT2D eigenvalue weighted by atomic mass is 16.2. The first-order chi connectivity index (χ1) is 13.1. The van der Waals surface area contributed by atoms with Gasteiger partial charge < -0.3 is 9.88 Å². The van der Waals surface area contributed by atoms with E-state index in [1.807, 2.05) is 61.5 Å². The molecular weight excluding hydrogens is 336 g/mol. The first-order valence-corrected chi connectivity index (χ1v) is 9.36. The van der Waals surface area contributed by atoms with Gasteiger partial charge in [0.05, 0.1) is 6.21 Å². The number of anilines is 1. The molecule has 1 amide bonds. The van der Waals surface area contributed by atoms with E-state index in [1.165, 1.54) is 29.5 Å². The number of benzene rings is 2. The number of hydrazone groups is 1. The van der Waals surface area contributed by atoms with Crippen molar-refractivity contribution in [2.75, 3.05) is 19.0 Å². The van der Waals surface area contributed by atoms with E-state index in [4.69, 9.17) is 0 Å². The highest BCUT2D eigenvalue weighted by Crippen LogP contribution is 2.29. The third kappa shape index (κ3) is 3.58. The van der Waals surface area contributed by atoms with Crippen molar-refractivity contribution < 1.29 is 4.79 Å². The standard InChI is InChI=1S/C22H24N4O/c1-26(2)17-10-7-15(8-11-17)14-23-25-22(27)16-9-12-21-19(13-16)18-5-3-4-6-20(18)24-21/h7-14,24H,3-6H2,1-2H3,(H,25,27)/b23-14-. The maximum absolute atomic E-state index is 12.5. The zero-order valence-electron chi connectivity index (χ0n) is 15.7. The van der Waals surface area contributed by atoms with Crippen molar-refractivity contribution in [1.82, 2.24) is 10.4 Å². The lowest BCUT2D eigenvalue weighted by Gasteiger charge is -2.11. The van der Waals surface area contributed by atoms with Gasteiger partial charge in [-0.05, 0) is 67.1 Å². The second-order valence-electron chi connectivity index (χ2n) is 7.23. The first-order valence-electron chi connectivity index (χ1n) is 9.36.